The highest BCUT2D eigenvalue weighted by atomic mass is 35.5. The van der Waals surface area contributed by atoms with E-state index in [0.29, 0.717) is 16.6 Å². The third-order valence-corrected chi connectivity index (χ3v) is 2.69. The Kier molecular flexibility index (Phi) is 3.36. The lowest BCUT2D eigenvalue weighted by Crippen LogP contribution is -2.01. The van der Waals surface area contributed by atoms with Crippen molar-refractivity contribution in [2.75, 3.05) is 5.32 Å². The average molecular weight is 256 g/mol. The zero-order chi connectivity index (χ0) is 11.5. The molecule has 0 atom stereocenters. The predicted octanol–water partition coefficient (Wildman–Crippen LogP) is 3.64. The molecule has 0 unspecified atom stereocenters. The lowest BCUT2D eigenvalue weighted by molar-refractivity contribution is 1.05. The molecule has 0 bridgehead atoms. The van der Waals surface area contributed by atoms with Crippen LogP contribution in [0.25, 0.3) is 0 Å². The van der Waals surface area contributed by atoms with E-state index < -0.39 is 0 Å². The van der Waals surface area contributed by atoms with Gasteiger partial charge in [0.1, 0.15) is 0 Å². The third-order valence-electron chi connectivity index (χ3n) is 2.26. The van der Waals surface area contributed by atoms with Gasteiger partial charge >= 0.3 is 0 Å². The molecule has 2 rings (SSSR count). The standard InChI is InChI=1S/C11H11Cl2N3/c1-7-11(16-6-15-7)5-14-10-3-8(12)2-9(13)4-10/h2-4,6,14H,5H2,1H3,(H,15,16). The molecule has 3 nitrogen and oxygen atoms in total. The van der Waals surface area contributed by atoms with E-state index in [1.54, 1.807) is 12.4 Å². The van der Waals surface area contributed by atoms with Gasteiger partial charge in [0.25, 0.3) is 0 Å². The van der Waals surface area contributed by atoms with Crippen molar-refractivity contribution < 1.29 is 0 Å². The highest BCUT2D eigenvalue weighted by Gasteiger charge is 2.02. The fraction of sp³-hybridized carbons (Fsp3) is 0.182. The molecule has 0 amide bonds. The van der Waals surface area contributed by atoms with Crippen LogP contribution in [-0.2, 0) is 6.54 Å². The van der Waals surface area contributed by atoms with Gasteiger partial charge in [-0.1, -0.05) is 23.2 Å². The Balaban J connectivity index is 2.07. The number of hydrogen-bond acceptors (Lipinski definition) is 2. The first-order valence-electron chi connectivity index (χ1n) is 4.84. The molecular weight excluding hydrogens is 245 g/mol. The SMILES string of the molecule is Cc1[nH]cnc1CNc1cc(Cl)cc(Cl)c1. The number of halogens is 2. The minimum atomic E-state index is 0.619. The Bertz CT molecular complexity index is 473. The number of aryl methyl sites for hydroxylation is 1. The van der Waals surface area contributed by atoms with Crippen LogP contribution >= 0.6 is 23.2 Å². The summed E-state index contributed by atoms with van der Waals surface area (Å²) in [6, 6.07) is 5.36. The number of H-pyrrole nitrogens is 1. The molecule has 0 saturated heterocycles. The number of aromatic amines is 1. The molecule has 5 heteroatoms. The first-order chi connectivity index (χ1) is 7.65. The van der Waals surface area contributed by atoms with Crippen molar-refractivity contribution >= 4 is 28.9 Å². The maximum atomic E-state index is 5.90. The maximum absolute atomic E-state index is 5.90. The lowest BCUT2D eigenvalue weighted by Gasteiger charge is -2.06. The van der Waals surface area contributed by atoms with Gasteiger partial charge in [-0.2, -0.15) is 0 Å². The first-order valence-corrected chi connectivity index (χ1v) is 5.59. The zero-order valence-electron chi connectivity index (χ0n) is 8.72. The fourth-order valence-corrected chi connectivity index (χ4v) is 1.93. The highest BCUT2D eigenvalue weighted by molar-refractivity contribution is 6.35. The van der Waals surface area contributed by atoms with Gasteiger partial charge in [-0.25, -0.2) is 4.98 Å². The second-order valence-corrected chi connectivity index (χ2v) is 4.36. The molecule has 84 valence electrons. The normalized spacial score (nSPS) is 10.4. The van der Waals surface area contributed by atoms with Crippen molar-refractivity contribution in [3.8, 4) is 0 Å². The maximum Gasteiger partial charge on any atom is 0.0925 e. The molecule has 1 aromatic heterocycles. The number of imidazole rings is 1. The summed E-state index contributed by atoms with van der Waals surface area (Å²) in [5.41, 5.74) is 2.93. The summed E-state index contributed by atoms with van der Waals surface area (Å²) in [5, 5.41) is 4.46. The van der Waals surface area contributed by atoms with E-state index in [0.717, 1.165) is 17.1 Å². The number of benzene rings is 1. The molecule has 1 aromatic carbocycles. The fourth-order valence-electron chi connectivity index (χ4n) is 1.41. The number of aromatic nitrogens is 2. The smallest absolute Gasteiger partial charge is 0.0925 e. The van der Waals surface area contributed by atoms with Crippen LogP contribution in [-0.4, -0.2) is 9.97 Å². The number of rotatable bonds is 3. The van der Waals surface area contributed by atoms with Gasteiger partial charge in [-0.15, -0.1) is 0 Å². The molecule has 1 heterocycles. The van der Waals surface area contributed by atoms with Gasteiger partial charge in [0.05, 0.1) is 18.6 Å². The number of nitrogens with zero attached hydrogens (tertiary/aromatic N) is 1. The topological polar surface area (TPSA) is 40.7 Å². The molecule has 0 aliphatic heterocycles. The zero-order valence-corrected chi connectivity index (χ0v) is 10.2. The van der Waals surface area contributed by atoms with E-state index in [1.807, 2.05) is 19.1 Å². The Morgan fingerprint density at radius 2 is 1.94 bits per heavy atom. The summed E-state index contributed by atoms with van der Waals surface area (Å²) < 4.78 is 0. The number of hydrogen-bond donors (Lipinski definition) is 2. The third kappa shape index (κ3) is 2.68. The van der Waals surface area contributed by atoms with Crippen LogP contribution < -0.4 is 5.32 Å². The molecule has 0 aliphatic carbocycles. The Labute approximate surface area is 104 Å². The second kappa shape index (κ2) is 4.76. The summed E-state index contributed by atoms with van der Waals surface area (Å²) in [6.07, 6.45) is 1.68. The average Bonchev–Trinajstić information content (AvgIpc) is 2.59. The van der Waals surface area contributed by atoms with E-state index in [-0.39, 0.29) is 0 Å². The summed E-state index contributed by atoms with van der Waals surface area (Å²) in [5.74, 6) is 0. The Morgan fingerprint density at radius 3 is 2.50 bits per heavy atom. The van der Waals surface area contributed by atoms with Gasteiger partial charge < -0.3 is 10.3 Å². The van der Waals surface area contributed by atoms with Gasteiger partial charge in [-0.05, 0) is 25.1 Å². The van der Waals surface area contributed by atoms with Gasteiger partial charge in [0, 0.05) is 21.4 Å². The quantitative estimate of drug-likeness (QED) is 0.880. The van der Waals surface area contributed by atoms with Crippen LogP contribution in [0, 0.1) is 6.92 Å². The van der Waals surface area contributed by atoms with Crippen LogP contribution in [0.4, 0.5) is 5.69 Å². The van der Waals surface area contributed by atoms with E-state index in [1.165, 1.54) is 0 Å². The van der Waals surface area contributed by atoms with Gasteiger partial charge in [0.15, 0.2) is 0 Å². The molecule has 16 heavy (non-hydrogen) atoms. The second-order valence-electron chi connectivity index (χ2n) is 3.49. The minimum Gasteiger partial charge on any atom is -0.379 e. The van der Waals surface area contributed by atoms with E-state index in [2.05, 4.69) is 15.3 Å². The van der Waals surface area contributed by atoms with E-state index >= 15 is 0 Å². The van der Waals surface area contributed by atoms with Crippen LogP contribution in [0.5, 0.6) is 0 Å². The molecule has 2 N–H and O–H groups in total. The van der Waals surface area contributed by atoms with Crippen molar-refractivity contribution in [1.82, 2.24) is 9.97 Å². The Morgan fingerprint density at radius 1 is 1.25 bits per heavy atom. The molecule has 0 aliphatic rings. The van der Waals surface area contributed by atoms with Crippen LogP contribution in [0.2, 0.25) is 10.0 Å². The largest absolute Gasteiger partial charge is 0.379 e. The molecular formula is C11H11Cl2N3. The molecule has 0 saturated carbocycles. The van der Waals surface area contributed by atoms with Crippen molar-refractivity contribution in [3.63, 3.8) is 0 Å². The van der Waals surface area contributed by atoms with Gasteiger partial charge in [-0.3, -0.25) is 0 Å². The van der Waals surface area contributed by atoms with Crippen molar-refractivity contribution in [3.05, 3.63) is 46.0 Å². The summed E-state index contributed by atoms with van der Waals surface area (Å²) in [7, 11) is 0. The van der Waals surface area contributed by atoms with E-state index in [9.17, 15) is 0 Å². The summed E-state index contributed by atoms with van der Waals surface area (Å²) in [4.78, 5) is 7.22. The first kappa shape index (κ1) is 11.3. The summed E-state index contributed by atoms with van der Waals surface area (Å²) in [6.45, 7) is 2.63. The molecule has 0 fully saturated rings. The van der Waals surface area contributed by atoms with E-state index in [4.69, 9.17) is 23.2 Å². The predicted molar refractivity (Wildman–Crippen MR) is 67.1 cm³/mol. The highest BCUT2D eigenvalue weighted by Crippen LogP contribution is 2.22. The van der Waals surface area contributed by atoms with Gasteiger partial charge in [0.2, 0.25) is 0 Å². The van der Waals surface area contributed by atoms with Crippen LogP contribution in [0.3, 0.4) is 0 Å². The molecule has 0 spiro atoms. The summed E-state index contributed by atoms with van der Waals surface area (Å²) >= 11 is 11.8. The van der Waals surface area contributed by atoms with Crippen molar-refractivity contribution in [2.24, 2.45) is 0 Å². The minimum absolute atomic E-state index is 0.619. The lowest BCUT2D eigenvalue weighted by atomic mass is 10.3. The molecule has 2 aromatic rings. The number of nitrogens with one attached hydrogen (secondary N) is 2. The van der Waals surface area contributed by atoms with Crippen LogP contribution in [0.15, 0.2) is 24.5 Å². The molecule has 0 radical (unpaired) electrons. The van der Waals surface area contributed by atoms with Crippen molar-refractivity contribution in [1.29, 1.82) is 0 Å². The van der Waals surface area contributed by atoms with Crippen molar-refractivity contribution in [2.45, 2.75) is 13.5 Å². The van der Waals surface area contributed by atoms with Crippen LogP contribution in [0.1, 0.15) is 11.4 Å². The number of anilines is 1. The Hall–Kier alpha value is -1.19. The monoisotopic (exact) mass is 255 g/mol.